The number of carbonyl (C=O) groups is 10. The van der Waals surface area contributed by atoms with E-state index in [1.807, 2.05) is 182 Å². The number of fused-ring (bicyclic) bond motifs is 2. The van der Waals surface area contributed by atoms with E-state index in [1.54, 1.807) is 52.3 Å². The number of amides is 5. The summed E-state index contributed by atoms with van der Waals surface area (Å²) >= 11 is 2.40. The quantitative estimate of drug-likeness (QED) is 0.00717. The Morgan fingerprint density at radius 3 is 1.13 bits per heavy atom. The molecule has 692 valence electrons. The number of oxime groups is 2. The summed E-state index contributed by atoms with van der Waals surface area (Å²) in [5, 5.41) is 98.8. The number of nitrogens with zero attached hydrogens (tertiary/aromatic N) is 10. The van der Waals surface area contributed by atoms with E-state index in [1.165, 1.54) is 49.0 Å². The third-order valence-corrected chi connectivity index (χ3v) is 22.1. The number of aromatic nitrogens is 4. The van der Waals surface area contributed by atoms with E-state index in [4.69, 9.17) is 29.9 Å². The van der Waals surface area contributed by atoms with Gasteiger partial charge < -0.3 is 87.4 Å². The molecule has 6 aromatic carbocycles. The number of thiazole rings is 2. The van der Waals surface area contributed by atoms with Crippen molar-refractivity contribution in [2.24, 2.45) is 16.0 Å². The van der Waals surface area contributed by atoms with Gasteiger partial charge in [0.1, 0.15) is 45.8 Å². The van der Waals surface area contributed by atoms with Gasteiger partial charge in [-0.15, -0.1) is 22.7 Å². The van der Waals surface area contributed by atoms with Crippen molar-refractivity contribution in [1.29, 1.82) is 0 Å². The van der Waals surface area contributed by atoms with Gasteiger partial charge in [-0.1, -0.05) is 192 Å². The maximum atomic E-state index is 14.4. The van der Waals surface area contributed by atoms with Crippen molar-refractivity contribution in [3.05, 3.63) is 316 Å². The molecule has 0 unspecified atom stereocenters. The smallest absolute Gasteiger partial charge is 0.360 e. The number of nitrogens with one attached hydrogen (secondary N) is 5. The van der Waals surface area contributed by atoms with Crippen LogP contribution in [0.15, 0.2) is 260 Å². The number of carboxylic acid groups (broad SMARTS) is 3. The second-order valence-electron chi connectivity index (χ2n) is 33.4. The molecule has 14 N–H and O–H groups in total. The summed E-state index contributed by atoms with van der Waals surface area (Å²) in [4.78, 5) is 172. The fraction of sp³-hybridized carbons (Fsp3) is 0.261. The Morgan fingerprint density at radius 2 is 0.797 bits per heavy atom. The molecule has 2 atom stereocenters. The number of pyridine rings is 2. The maximum absolute atomic E-state index is 14.4. The predicted molar refractivity (Wildman–Crippen MR) is 481 cm³/mol. The van der Waals surface area contributed by atoms with Gasteiger partial charge in [-0.2, -0.15) is 9.46 Å². The van der Waals surface area contributed by atoms with Crippen molar-refractivity contribution in [2.75, 3.05) is 36.8 Å². The van der Waals surface area contributed by atoms with Crippen molar-refractivity contribution < 1.29 is 103 Å². The third kappa shape index (κ3) is 21.7. The third-order valence-electron chi connectivity index (χ3n) is 20.6. The molecule has 4 aliphatic rings. The number of ether oxygens (including phenoxy) is 2. The Hall–Kier alpha value is -15.7. The molecule has 39 nitrogen and oxygen atoms in total. The van der Waals surface area contributed by atoms with Crippen LogP contribution in [0.25, 0.3) is 0 Å². The fourth-order valence-electron chi connectivity index (χ4n) is 14.3. The van der Waals surface area contributed by atoms with Crippen LogP contribution in [0.5, 0.6) is 11.5 Å². The van der Waals surface area contributed by atoms with Gasteiger partial charge in [0.2, 0.25) is 27.8 Å². The summed E-state index contributed by atoms with van der Waals surface area (Å²) in [6, 6.07) is 58.8. The van der Waals surface area contributed by atoms with Gasteiger partial charge in [0, 0.05) is 36.0 Å². The minimum atomic E-state index is -1.72. The van der Waals surface area contributed by atoms with Crippen LogP contribution < -0.4 is 43.2 Å². The second-order valence-corrected chi connectivity index (χ2v) is 35.1. The summed E-state index contributed by atoms with van der Waals surface area (Å²) in [6.45, 7) is 14.6. The summed E-state index contributed by atoms with van der Waals surface area (Å²) in [5.41, 5.74) is 0.358. The summed E-state index contributed by atoms with van der Waals surface area (Å²) in [7, 11) is 0. The van der Waals surface area contributed by atoms with Crippen LogP contribution in [-0.2, 0) is 91.3 Å². The molecule has 4 aromatic heterocycles. The van der Waals surface area contributed by atoms with Crippen LogP contribution in [-0.4, -0.2) is 207 Å². The molecule has 41 heteroatoms. The van der Waals surface area contributed by atoms with Crippen LogP contribution in [0.2, 0.25) is 0 Å². The monoisotopic (exact) mass is 1850 g/mol. The first-order valence-electron chi connectivity index (χ1n) is 41.0. The predicted octanol–water partition coefficient (Wildman–Crippen LogP) is 7.32. The summed E-state index contributed by atoms with van der Waals surface area (Å²) in [5.74, 6) is -11.4. The number of esters is 2. The SMILES string of the molecule is CC(C)(C)OC(=O)C(C)(C)O/N=C(\C(=O)N[C@H]1CN2CC(C(=O)NCc3cc(=O)c(O)cn3O)=C(C(=O)O)N2C1=O)c1csc(NC(c2ccccc2)(c2ccccc2)c2ccccc2)n1.CC(C)(C)OC(=O)C(C)(C)O/N=C(\C(=O)O)c1csc(NC(c2ccccc2)(c2ccccc2)c2ccccc2)n1.N[C@H]1CN2CC(C(=O)NCc3cc(=O)c(O)cn3O)=C(C(=O)O)N2C1=O. The molecule has 8 heterocycles. The molecule has 5 amide bonds. The summed E-state index contributed by atoms with van der Waals surface area (Å²) in [6.07, 6.45) is 1.50. The molecule has 0 spiro atoms. The summed E-state index contributed by atoms with van der Waals surface area (Å²) < 4.78 is 11.8. The molecule has 0 saturated carbocycles. The number of anilines is 2. The van der Waals surface area contributed by atoms with E-state index >= 15 is 0 Å². The first kappa shape index (κ1) is 96.4. The second kappa shape index (κ2) is 39.7. The zero-order valence-electron chi connectivity index (χ0n) is 73.2. The number of carboxylic acids is 3. The normalized spacial score (nSPS) is 15.5. The number of hydrazine groups is 2. The lowest BCUT2D eigenvalue weighted by Gasteiger charge is -2.36. The fourth-order valence-corrected chi connectivity index (χ4v) is 15.8. The van der Waals surface area contributed by atoms with E-state index < -0.39 is 157 Å². The average Bonchev–Trinajstić information content (AvgIpc) is 1.34. The topological polar surface area (TPSA) is 543 Å². The number of hydrogen-bond donors (Lipinski definition) is 13. The highest BCUT2D eigenvalue weighted by Crippen LogP contribution is 2.44. The van der Waals surface area contributed by atoms with Gasteiger partial charge in [-0.05, 0) is 103 Å². The average molecular weight is 1860 g/mol. The van der Waals surface area contributed by atoms with Crippen LogP contribution in [0, 0.1) is 0 Å². The highest BCUT2D eigenvalue weighted by Gasteiger charge is 2.52. The highest BCUT2D eigenvalue weighted by molar-refractivity contribution is 7.14. The number of nitrogens with two attached hydrogens (primary N) is 1. The largest absolute Gasteiger partial charge is 0.503 e. The van der Waals surface area contributed by atoms with Gasteiger partial charge >= 0.3 is 29.8 Å². The molecule has 133 heavy (non-hydrogen) atoms. The zero-order chi connectivity index (χ0) is 96.4. The lowest BCUT2D eigenvalue weighted by atomic mass is 9.77. The first-order valence-corrected chi connectivity index (χ1v) is 42.7. The molecular formula is C92H94N16O23S2. The van der Waals surface area contributed by atoms with Crippen LogP contribution in [0.4, 0.5) is 10.3 Å². The van der Waals surface area contributed by atoms with Crippen molar-refractivity contribution in [2.45, 2.75) is 128 Å². The minimum absolute atomic E-state index is 0.00123. The Labute approximate surface area is 766 Å². The van der Waals surface area contributed by atoms with E-state index in [0.29, 0.717) is 19.7 Å². The van der Waals surface area contributed by atoms with Gasteiger partial charge in [0.25, 0.3) is 29.5 Å². The van der Waals surface area contributed by atoms with Crippen molar-refractivity contribution in [3.63, 3.8) is 0 Å². The number of carbonyl (C=O) groups excluding carboxylic acids is 7. The Kier molecular flexibility index (Phi) is 28.8. The molecule has 4 aliphatic heterocycles. The van der Waals surface area contributed by atoms with E-state index in [9.17, 15) is 93.5 Å². The Morgan fingerprint density at radius 1 is 0.474 bits per heavy atom. The number of hydrogen-bond acceptors (Lipinski definition) is 31. The molecule has 0 aliphatic carbocycles. The minimum Gasteiger partial charge on any atom is -0.503 e. The Bertz CT molecular complexity index is 6160. The Balaban J connectivity index is 0.000000201. The van der Waals surface area contributed by atoms with Gasteiger partial charge in [0.05, 0.1) is 61.1 Å². The molecule has 2 fully saturated rings. The molecule has 2 saturated heterocycles. The van der Waals surface area contributed by atoms with E-state index in [2.05, 4.69) is 41.9 Å². The number of rotatable bonds is 29. The number of aromatic hydroxyl groups is 2. The zero-order valence-corrected chi connectivity index (χ0v) is 74.8. The lowest BCUT2D eigenvalue weighted by Crippen LogP contribution is -2.46. The van der Waals surface area contributed by atoms with Gasteiger partial charge in [0.15, 0.2) is 38.9 Å². The van der Waals surface area contributed by atoms with Crippen molar-refractivity contribution >= 4 is 104 Å². The highest BCUT2D eigenvalue weighted by atomic mass is 32.1. The lowest BCUT2D eigenvalue weighted by molar-refractivity contribution is -0.180. The maximum Gasteiger partial charge on any atom is 0.360 e. The number of benzene rings is 6. The van der Waals surface area contributed by atoms with Crippen LogP contribution in [0.3, 0.4) is 0 Å². The van der Waals surface area contributed by atoms with Crippen LogP contribution >= 0.6 is 22.7 Å². The molecule has 10 aromatic rings. The van der Waals surface area contributed by atoms with Crippen molar-refractivity contribution in [3.8, 4) is 11.5 Å². The molecule has 0 bridgehead atoms. The van der Waals surface area contributed by atoms with Crippen molar-refractivity contribution in [1.82, 2.24) is 55.4 Å². The van der Waals surface area contributed by atoms with Gasteiger partial charge in [-0.25, -0.2) is 54.0 Å². The standard InChI is InChI=1S/C46H46N8O11S.C32H33N3O5S.C14H15N5O7/c1-44(2,3)64-42(62)45(4,5)65-51-36(33-26-66-43(49-33)50-46(27-15-9-6-10-16-27,28-17-11-7-12-18-28)29-19-13-8-14-20-29)39(58)48-32-24-52-23-31(37(41(60)61)54(52)40(32)59)38(57)47-22-30-21-34(55)35(56)25-53(30)63;1-30(2,3)39-28(38)31(4,5)40-35-26(27(36)37)25-21-41-29(33-25)34-32(22-15-9-6-10-16-22,23-17-11-7-12-18-23)24-19-13-8-14-20-24;15-8-4-17-3-7(11(14(24)25)19(17)13(8)23)12(22)16-2-6-1-9(20)10(21)5-18(6)26/h6-21,25-26,32,56,63H,22-24H2,1-5H3,(H,47,57)(H,48,58)(H,49,50)(H,60,61);6-21H,1-5H3,(H,33,34)(H,36,37);1,5,8,21,26H,2-4,15H2,(H,16,22)(H,24,25)/b51-36-;35-26-;/t32-;;8-/m0.0/s1. The molecular weight excluding hydrogens is 1760 g/mol. The van der Waals surface area contributed by atoms with Crippen LogP contribution in [0.1, 0.15) is 125 Å². The van der Waals surface area contributed by atoms with E-state index in [-0.39, 0.29) is 66.6 Å². The molecule has 0 radical (unpaired) electrons. The first-order chi connectivity index (χ1) is 62.9. The molecule has 14 rings (SSSR count). The van der Waals surface area contributed by atoms with Gasteiger partial charge in [-0.3, -0.25) is 33.6 Å². The van der Waals surface area contributed by atoms with E-state index in [0.717, 1.165) is 79.3 Å². The number of aliphatic carboxylic acids is 3.